The van der Waals surface area contributed by atoms with Gasteiger partial charge in [-0.2, -0.15) is 0 Å². The second-order valence-electron chi connectivity index (χ2n) is 3.31. The highest BCUT2D eigenvalue weighted by Gasteiger charge is 2.05. The number of aromatic carboxylic acids is 1. The van der Waals surface area contributed by atoms with E-state index in [0.717, 1.165) is 5.39 Å². The van der Waals surface area contributed by atoms with E-state index in [1.165, 1.54) is 22.8 Å². The molecule has 2 rings (SSSR count). The molecule has 0 bridgehead atoms. The van der Waals surface area contributed by atoms with Gasteiger partial charge in [0.05, 0.1) is 11.1 Å². The van der Waals surface area contributed by atoms with Crippen molar-refractivity contribution >= 4 is 16.9 Å². The molecule has 0 radical (unpaired) electrons. The molecule has 4 heteroatoms. The summed E-state index contributed by atoms with van der Waals surface area (Å²) in [6.07, 6.45) is 0. The Morgan fingerprint density at radius 1 is 1.27 bits per heavy atom. The number of carbonyl (C=O) groups is 1. The van der Waals surface area contributed by atoms with Crippen molar-refractivity contribution in [1.82, 2.24) is 4.57 Å². The van der Waals surface area contributed by atoms with Gasteiger partial charge in [-0.05, 0) is 23.6 Å². The molecular weight excluding hydrogens is 194 g/mol. The molecule has 4 nitrogen and oxygen atoms in total. The third-order valence-electron chi connectivity index (χ3n) is 2.37. The fraction of sp³-hybridized carbons (Fsp3) is 0.0909. The number of rotatable bonds is 1. The van der Waals surface area contributed by atoms with Gasteiger partial charge in [0.15, 0.2) is 0 Å². The maximum absolute atomic E-state index is 11.3. The molecule has 15 heavy (non-hydrogen) atoms. The summed E-state index contributed by atoms with van der Waals surface area (Å²) in [6, 6.07) is 7.86. The maximum atomic E-state index is 11.3. The van der Waals surface area contributed by atoms with Crippen molar-refractivity contribution in [2.24, 2.45) is 7.05 Å². The third kappa shape index (κ3) is 1.50. The summed E-state index contributed by atoms with van der Waals surface area (Å²) in [6.45, 7) is 0. The Balaban J connectivity index is 2.85. The van der Waals surface area contributed by atoms with Crippen LogP contribution in [-0.4, -0.2) is 15.6 Å². The zero-order valence-electron chi connectivity index (χ0n) is 8.10. The first-order valence-electron chi connectivity index (χ1n) is 4.42. The van der Waals surface area contributed by atoms with E-state index >= 15 is 0 Å². The highest BCUT2D eigenvalue weighted by molar-refractivity contribution is 5.93. The van der Waals surface area contributed by atoms with Gasteiger partial charge in [-0.1, -0.05) is 6.07 Å². The molecule has 0 saturated heterocycles. The molecule has 1 heterocycles. The van der Waals surface area contributed by atoms with Crippen LogP contribution in [0.25, 0.3) is 10.9 Å². The molecule has 0 spiro atoms. The predicted octanol–water partition coefficient (Wildman–Crippen LogP) is 1.24. The van der Waals surface area contributed by atoms with Crippen LogP contribution in [0, 0.1) is 0 Å². The van der Waals surface area contributed by atoms with Gasteiger partial charge >= 0.3 is 5.97 Å². The van der Waals surface area contributed by atoms with E-state index in [2.05, 4.69) is 0 Å². The molecule has 1 N–H and O–H groups in total. The topological polar surface area (TPSA) is 59.3 Å². The molecular formula is C11H9NO3. The van der Waals surface area contributed by atoms with Gasteiger partial charge in [0.1, 0.15) is 0 Å². The number of hydrogen-bond donors (Lipinski definition) is 1. The monoisotopic (exact) mass is 203 g/mol. The minimum atomic E-state index is -0.992. The van der Waals surface area contributed by atoms with E-state index in [1.807, 2.05) is 0 Å². The maximum Gasteiger partial charge on any atom is 0.335 e. The summed E-state index contributed by atoms with van der Waals surface area (Å²) in [4.78, 5) is 22.1. The lowest BCUT2D eigenvalue weighted by Crippen LogP contribution is -2.15. The first-order valence-corrected chi connectivity index (χ1v) is 4.42. The van der Waals surface area contributed by atoms with E-state index in [9.17, 15) is 9.59 Å². The highest BCUT2D eigenvalue weighted by atomic mass is 16.4. The number of carboxylic acids is 1. The summed E-state index contributed by atoms with van der Waals surface area (Å²) in [5.74, 6) is -0.992. The molecule has 2 aromatic rings. The quantitative estimate of drug-likeness (QED) is 0.758. The fourth-order valence-electron chi connectivity index (χ4n) is 1.50. The van der Waals surface area contributed by atoms with Crippen LogP contribution in [0.4, 0.5) is 0 Å². The number of pyridine rings is 1. The first kappa shape index (κ1) is 9.45. The van der Waals surface area contributed by atoms with Crippen molar-refractivity contribution < 1.29 is 9.90 Å². The van der Waals surface area contributed by atoms with Crippen molar-refractivity contribution in [1.29, 1.82) is 0 Å². The van der Waals surface area contributed by atoms with Crippen molar-refractivity contribution in [2.45, 2.75) is 0 Å². The summed E-state index contributed by atoms with van der Waals surface area (Å²) < 4.78 is 1.43. The average molecular weight is 203 g/mol. The van der Waals surface area contributed by atoms with Crippen molar-refractivity contribution in [3.05, 3.63) is 46.2 Å². The van der Waals surface area contributed by atoms with Crippen LogP contribution in [0.1, 0.15) is 10.4 Å². The Bertz CT molecular complexity index is 598. The third-order valence-corrected chi connectivity index (χ3v) is 2.37. The van der Waals surface area contributed by atoms with Gasteiger partial charge in [-0.3, -0.25) is 4.79 Å². The second-order valence-corrected chi connectivity index (χ2v) is 3.31. The molecule has 0 unspecified atom stereocenters. The number of aryl methyl sites for hydroxylation is 1. The zero-order valence-corrected chi connectivity index (χ0v) is 8.10. The number of benzene rings is 1. The van der Waals surface area contributed by atoms with Crippen LogP contribution in [0.15, 0.2) is 35.1 Å². The molecule has 0 aliphatic rings. The lowest BCUT2D eigenvalue weighted by atomic mass is 10.1. The molecule has 0 atom stereocenters. The molecule has 1 aromatic carbocycles. The van der Waals surface area contributed by atoms with Gasteiger partial charge in [-0.15, -0.1) is 0 Å². The van der Waals surface area contributed by atoms with Crippen LogP contribution >= 0.6 is 0 Å². The predicted molar refractivity (Wildman–Crippen MR) is 56.1 cm³/mol. The first-order chi connectivity index (χ1) is 7.09. The van der Waals surface area contributed by atoms with Crippen molar-refractivity contribution in [3.8, 4) is 0 Å². The lowest BCUT2D eigenvalue weighted by Gasteiger charge is -2.04. The SMILES string of the molecule is Cn1c(=O)ccc2ccc(C(=O)O)cc21. The summed E-state index contributed by atoms with van der Waals surface area (Å²) >= 11 is 0. The van der Waals surface area contributed by atoms with E-state index in [0.29, 0.717) is 5.52 Å². The van der Waals surface area contributed by atoms with Crippen LogP contribution in [-0.2, 0) is 7.05 Å². The van der Waals surface area contributed by atoms with Crippen LogP contribution < -0.4 is 5.56 Å². The molecule has 76 valence electrons. The van der Waals surface area contributed by atoms with Crippen molar-refractivity contribution in [2.75, 3.05) is 0 Å². The molecule has 0 amide bonds. The molecule has 0 saturated carbocycles. The van der Waals surface area contributed by atoms with Crippen molar-refractivity contribution in [3.63, 3.8) is 0 Å². The molecule has 0 aliphatic carbocycles. The Labute approximate surface area is 85.4 Å². The Kier molecular flexibility index (Phi) is 2.04. The average Bonchev–Trinajstić information content (AvgIpc) is 2.23. The largest absolute Gasteiger partial charge is 0.478 e. The van der Waals surface area contributed by atoms with Gasteiger partial charge in [0.2, 0.25) is 0 Å². The van der Waals surface area contributed by atoms with Gasteiger partial charge < -0.3 is 9.67 Å². The Morgan fingerprint density at radius 2 is 1.93 bits per heavy atom. The number of aromatic nitrogens is 1. The van der Waals surface area contributed by atoms with Crippen LogP contribution in [0.5, 0.6) is 0 Å². The van der Waals surface area contributed by atoms with Gasteiger partial charge in [-0.25, -0.2) is 4.79 Å². The van der Waals surface area contributed by atoms with E-state index in [4.69, 9.17) is 5.11 Å². The number of nitrogens with zero attached hydrogens (tertiary/aromatic N) is 1. The number of hydrogen-bond acceptors (Lipinski definition) is 2. The molecule has 1 aromatic heterocycles. The number of carboxylic acid groups (broad SMARTS) is 1. The minimum Gasteiger partial charge on any atom is -0.478 e. The van der Waals surface area contributed by atoms with E-state index in [1.54, 1.807) is 19.2 Å². The van der Waals surface area contributed by atoms with Crippen LogP contribution in [0.2, 0.25) is 0 Å². The smallest absolute Gasteiger partial charge is 0.335 e. The minimum absolute atomic E-state index is 0.148. The summed E-state index contributed by atoms with van der Waals surface area (Å²) in [7, 11) is 1.62. The summed E-state index contributed by atoms with van der Waals surface area (Å²) in [5.41, 5.74) is 0.663. The molecule has 0 aliphatic heterocycles. The Morgan fingerprint density at radius 3 is 2.60 bits per heavy atom. The highest BCUT2D eigenvalue weighted by Crippen LogP contribution is 2.13. The normalized spacial score (nSPS) is 10.5. The van der Waals surface area contributed by atoms with Gasteiger partial charge in [0, 0.05) is 13.1 Å². The zero-order chi connectivity index (χ0) is 11.0. The summed E-state index contributed by atoms with van der Waals surface area (Å²) in [5, 5.41) is 9.67. The lowest BCUT2D eigenvalue weighted by molar-refractivity contribution is 0.0697. The van der Waals surface area contributed by atoms with Crippen LogP contribution in [0.3, 0.4) is 0 Å². The number of fused-ring (bicyclic) bond motifs is 1. The Hall–Kier alpha value is -2.10. The fourth-order valence-corrected chi connectivity index (χ4v) is 1.50. The second kappa shape index (κ2) is 3.24. The standard InChI is InChI=1S/C11H9NO3/c1-12-9-6-8(11(14)15)3-2-7(9)4-5-10(12)13/h2-6H,1H3,(H,14,15). The molecule has 0 fully saturated rings. The van der Waals surface area contributed by atoms with E-state index < -0.39 is 5.97 Å². The van der Waals surface area contributed by atoms with E-state index in [-0.39, 0.29) is 11.1 Å². The van der Waals surface area contributed by atoms with Gasteiger partial charge in [0.25, 0.3) is 5.56 Å².